The molecule has 7 nitrogen and oxygen atoms in total. The lowest BCUT2D eigenvalue weighted by Gasteiger charge is -2.32. The van der Waals surface area contributed by atoms with Gasteiger partial charge in [-0.2, -0.15) is 0 Å². The second-order valence-electron chi connectivity index (χ2n) is 8.96. The van der Waals surface area contributed by atoms with E-state index in [4.69, 9.17) is 21.1 Å². The zero-order valence-corrected chi connectivity index (χ0v) is 19.3. The first-order chi connectivity index (χ1) is 15.6. The average Bonchev–Trinajstić information content (AvgIpc) is 2.73. The lowest BCUT2D eigenvalue weighted by molar-refractivity contribution is -0.147. The van der Waals surface area contributed by atoms with Crippen LogP contribution < -0.4 is 9.47 Å². The maximum absolute atomic E-state index is 12.8. The van der Waals surface area contributed by atoms with Gasteiger partial charge in [-0.15, -0.1) is 0 Å². The number of fused-ring (bicyclic) bond motifs is 1. The van der Waals surface area contributed by atoms with Gasteiger partial charge in [-0.3, -0.25) is 14.4 Å². The first-order valence-electron chi connectivity index (χ1n) is 10.6. The van der Waals surface area contributed by atoms with Crippen LogP contribution in [-0.4, -0.2) is 33.4 Å². The zero-order chi connectivity index (χ0) is 23.8. The van der Waals surface area contributed by atoms with E-state index in [0.717, 1.165) is 0 Å². The van der Waals surface area contributed by atoms with E-state index in [1.54, 1.807) is 49.4 Å². The predicted molar refractivity (Wildman–Crippen MR) is 123 cm³/mol. The molecule has 0 N–H and O–H groups in total. The fourth-order valence-electron chi connectivity index (χ4n) is 3.93. The van der Waals surface area contributed by atoms with E-state index in [1.165, 1.54) is 6.20 Å². The minimum atomic E-state index is -1.24. The Hall–Kier alpha value is -3.32. The van der Waals surface area contributed by atoms with Crippen LogP contribution in [0, 0.1) is 11.3 Å². The Morgan fingerprint density at radius 3 is 2.33 bits per heavy atom. The fourth-order valence-corrected chi connectivity index (χ4v) is 4.09. The Kier molecular flexibility index (Phi) is 6.17. The summed E-state index contributed by atoms with van der Waals surface area (Å²) in [6.07, 6.45) is 0.981. The summed E-state index contributed by atoms with van der Waals surface area (Å²) >= 11 is 5.96. The fraction of sp³-hybridized carbons (Fsp3) is 0.320. The average molecular weight is 467 g/mol. The van der Waals surface area contributed by atoms with Gasteiger partial charge in [0.15, 0.2) is 23.5 Å². The number of halogens is 1. The summed E-state index contributed by atoms with van der Waals surface area (Å²) in [6, 6.07) is 11.8. The number of rotatable bonds is 6. The zero-order valence-electron chi connectivity index (χ0n) is 18.5. The molecule has 1 aliphatic rings. The maximum atomic E-state index is 12.8. The molecule has 0 amide bonds. The Morgan fingerprint density at radius 2 is 1.67 bits per heavy atom. The number of hydrogen-bond donors (Lipinski definition) is 0. The predicted octanol–water partition coefficient (Wildman–Crippen LogP) is 4.99. The van der Waals surface area contributed by atoms with Crippen molar-refractivity contribution in [3.63, 3.8) is 0 Å². The highest BCUT2D eigenvalue weighted by Gasteiger charge is 2.44. The van der Waals surface area contributed by atoms with E-state index >= 15 is 0 Å². The first-order valence-corrected chi connectivity index (χ1v) is 11.0. The van der Waals surface area contributed by atoms with Crippen molar-refractivity contribution in [1.29, 1.82) is 0 Å². The molecule has 1 aromatic heterocycles. The number of ketones is 3. The molecule has 0 spiro atoms. The largest absolute Gasteiger partial charge is 0.483 e. The minimum absolute atomic E-state index is 0.207. The smallest absolute Gasteiger partial charge is 0.238 e. The van der Waals surface area contributed by atoms with Crippen molar-refractivity contribution in [2.75, 3.05) is 0 Å². The second-order valence-corrected chi connectivity index (χ2v) is 9.40. The summed E-state index contributed by atoms with van der Waals surface area (Å²) in [7, 11) is 0. The van der Waals surface area contributed by atoms with Crippen LogP contribution in [0.15, 0.2) is 48.7 Å². The molecule has 1 aliphatic carbocycles. The molecule has 3 aromatic rings. The molecule has 4 rings (SSSR count). The topological polar surface area (TPSA) is 95.4 Å². The van der Waals surface area contributed by atoms with Gasteiger partial charge in [-0.05, 0) is 54.8 Å². The molecular weight excluding hydrogens is 444 g/mol. The molecule has 1 saturated carbocycles. The van der Waals surface area contributed by atoms with Gasteiger partial charge in [-0.1, -0.05) is 25.4 Å². The highest BCUT2D eigenvalue weighted by Crippen LogP contribution is 2.35. The van der Waals surface area contributed by atoms with Crippen LogP contribution >= 0.6 is 11.6 Å². The Bertz CT molecular complexity index is 1220. The summed E-state index contributed by atoms with van der Waals surface area (Å²) in [5, 5.41) is 0.579. The van der Waals surface area contributed by atoms with Crippen molar-refractivity contribution in [3.05, 3.63) is 53.7 Å². The number of aromatic nitrogens is 2. The van der Waals surface area contributed by atoms with E-state index in [-0.39, 0.29) is 24.4 Å². The van der Waals surface area contributed by atoms with Gasteiger partial charge >= 0.3 is 0 Å². The molecule has 0 saturated heterocycles. The van der Waals surface area contributed by atoms with E-state index in [1.807, 2.05) is 13.8 Å². The van der Waals surface area contributed by atoms with Crippen molar-refractivity contribution in [2.24, 2.45) is 11.3 Å². The number of carbonyl (C=O) groups is 3. The van der Waals surface area contributed by atoms with Gasteiger partial charge in [-0.25, -0.2) is 9.97 Å². The van der Waals surface area contributed by atoms with Gasteiger partial charge in [0.05, 0.1) is 17.2 Å². The van der Waals surface area contributed by atoms with Crippen LogP contribution in [0.25, 0.3) is 11.0 Å². The lowest BCUT2D eigenvalue weighted by Crippen LogP contribution is -2.45. The van der Waals surface area contributed by atoms with E-state index in [0.29, 0.717) is 33.4 Å². The van der Waals surface area contributed by atoms with Crippen LogP contribution in [-0.2, 0) is 14.4 Å². The molecule has 0 radical (unpaired) electrons. The third kappa shape index (κ3) is 5.20. The van der Waals surface area contributed by atoms with Gasteiger partial charge in [0.25, 0.3) is 0 Å². The van der Waals surface area contributed by atoms with Crippen molar-refractivity contribution in [3.8, 4) is 17.4 Å². The van der Waals surface area contributed by atoms with E-state index in [2.05, 4.69) is 9.97 Å². The number of ether oxygens (including phenoxy) is 2. The molecule has 2 aromatic carbocycles. The molecular formula is C25H23ClN2O5. The van der Waals surface area contributed by atoms with Crippen molar-refractivity contribution >= 4 is 40.0 Å². The van der Waals surface area contributed by atoms with Crippen LogP contribution in [0.4, 0.5) is 0 Å². The van der Waals surface area contributed by atoms with Crippen molar-refractivity contribution in [1.82, 2.24) is 9.97 Å². The third-order valence-corrected chi connectivity index (χ3v) is 5.71. The monoisotopic (exact) mass is 466 g/mol. The van der Waals surface area contributed by atoms with E-state index < -0.39 is 23.2 Å². The quantitative estimate of drug-likeness (QED) is 0.472. The molecule has 1 fully saturated rings. The lowest BCUT2D eigenvalue weighted by atomic mass is 9.70. The Balaban J connectivity index is 1.40. The SMILES string of the molecule is CC(Oc1ccc(Oc2cnc3cc(Cl)ccc3n2)cc1)C(=O)C1C(=O)CC(C)(C)CC1=O. The first kappa shape index (κ1) is 22.9. The molecule has 1 heterocycles. The Labute approximate surface area is 196 Å². The number of Topliss-reactive ketones (excluding diaryl/α,β-unsaturated/α-hetero) is 3. The van der Waals surface area contributed by atoms with Gasteiger partial charge in [0.1, 0.15) is 17.4 Å². The molecule has 1 atom stereocenters. The van der Waals surface area contributed by atoms with Crippen molar-refractivity contribution in [2.45, 2.75) is 39.7 Å². The van der Waals surface area contributed by atoms with Gasteiger partial charge in [0.2, 0.25) is 5.88 Å². The highest BCUT2D eigenvalue weighted by molar-refractivity contribution is 6.31. The molecule has 1 unspecified atom stereocenters. The number of benzene rings is 2. The number of hydrogen-bond acceptors (Lipinski definition) is 7. The molecule has 33 heavy (non-hydrogen) atoms. The standard InChI is InChI=1S/C25H23ClN2O5/c1-14(24(31)23-20(29)11-25(2,3)12-21(23)30)32-16-5-7-17(8-6-16)33-22-13-27-19-10-15(26)4-9-18(19)28-22/h4-10,13-14,23H,11-12H2,1-3H3. The van der Waals surface area contributed by atoms with Gasteiger partial charge in [0, 0.05) is 17.9 Å². The summed E-state index contributed by atoms with van der Waals surface area (Å²) in [4.78, 5) is 46.3. The normalized spacial score (nSPS) is 17.1. The molecule has 170 valence electrons. The second kappa shape index (κ2) is 8.90. The number of carbonyl (C=O) groups excluding carboxylic acids is 3. The summed E-state index contributed by atoms with van der Waals surface area (Å²) in [5.74, 6) is -1.18. The Morgan fingerprint density at radius 1 is 1.03 bits per heavy atom. The summed E-state index contributed by atoms with van der Waals surface area (Å²) in [5.41, 5.74) is 0.906. The van der Waals surface area contributed by atoms with Crippen molar-refractivity contribution < 1.29 is 23.9 Å². The summed E-state index contributed by atoms with van der Waals surface area (Å²) < 4.78 is 11.5. The van der Waals surface area contributed by atoms with Crippen LogP contribution in [0.5, 0.6) is 17.4 Å². The van der Waals surface area contributed by atoms with Crippen LogP contribution in [0.1, 0.15) is 33.6 Å². The molecule has 0 aliphatic heterocycles. The number of nitrogens with zero attached hydrogens (tertiary/aromatic N) is 2. The summed E-state index contributed by atoms with van der Waals surface area (Å²) in [6.45, 7) is 5.25. The van der Waals surface area contributed by atoms with E-state index in [9.17, 15) is 14.4 Å². The molecule has 8 heteroatoms. The van der Waals surface area contributed by atoms with Crippen LogP contribution in [0.2, 0.25) is 5.02 Å². The third-order valence-electron chi connectivity index (χ3n) is 5.48. The maximum Gasteiger partial charge on any atom is 0.238 e. The highest BCUT2D eigenvalue weighted by atomic mass is 35.5. The minimum Gasteiger partial charge on any atom is -0.483 e. The van der Waals surface area contributed by atoms with Gasteiger partial charge < -0.3 is 9.47 Å². The van der Waals surface area contributed by atoms with Crippen LogP contribution in [0.3, 0.4) is 0 Å². The molecule has 0 bridgehead atoms.